The summed E-state index contributed by atoms with van der Waals surface area (Å²) >= 11 is 8.85. The number of hydrogen-bond acceptors (Lipinski definition) is 7. The number of imide groups is 1. The van der Waals surface area contributed by atoms with Gasteiger partial charge in [0.15, 0.2) is 6.61 Å². The number of carbonyl (C=O) groups is 3. The Balaban J connectivity index is 1.12. The molecule has 2 N–H and O–H groups in total. The molecule has 2 bridgehead atoms. The largest absolute Gasteiger partial charge is 0.483 e. The van der Waals surface area contributed by atoms with Crippen molar-refractivity contribution >= 4 is 63.8 Å². The molecule has 7 atom stereocenters. The highest BCUT2D eigenvalue weighted by Crippen LogP contribution is 2.69. The van der Waals surface area contributed by atoms with Crippen molar-refractivity contribution in [2.45, 2.75) is 22.6 Å². The smallest absolute Gasteiger partial charge is 0.305 e. The molecular weight excluding hydrogens is 637 g/mol. The number of aromatic amines is 1. The van der Waals surface area contributed by atoms with Gasteiger partial charge in [-0.25, -0.2) is 4.39 Å². The Morgan fingerprint density at radius 3 is 2.44 bits per heavy atom. The van der Waals surface area contributed by atoms with E-state index in [0.717, 1.165) is 33.2 Å². The van der Waals surface area contributed by atoms with Crippen molar-refractivity contribution in [3.05, 3.63) is 104 Å². The average Bonchev–Trinajstić information content (AvgIpc) is 3.77. The van der Waals surface area contributed by atoms with Gasteiger partial charge in [-0.2, -0.15) is 0 Å². The number of nitrogens with one attached hydrogen (secondary N) is 2. The van der Waals surface area contributed by atoms with Crippen LogP contribution < -0.4 is 19.8 Å². The van der Waals surface area contributed by atoms with E-state index in [2.05, 4.69) is 10.3 Å². The average molecular weight is 662 g/mol. The maximum atomic E-state index is 14.0. The first-order valence-electron chi connectivity index (χ1n) is 14.6. The van der Waals surface area contributed by atoms with Crippen LogP contribution in [0, 0.1) is 35.4 Å². The molecule has 0 spiro atoms. The van der Waals surface area contributed by atoms with E-state index in [1.807, 2.05) is 18.2 Å². The van der Waals surface area contributed by atoms with Crippen molar-refractivity contribution < 1.29 is 23.5 Å². The maximum Gasteiger partial charge on any atom is 0.305 e. The van der Waals surface area contributed by atoms with E-state index in [4.69, 9.17) is 16.3 Å². The van der Waals surface area contributed by atoms with Gasteiger partial charge in [0.1, 0.15) is 11.6 Å². The van der Waals surface area contributed by atoms with Crippen molar-refractivity contribution in [1.29, 1.82) is 0 Å². The van der Waals surface area contributed by atoms with E-state index in [1.54, 1.807) is 42.1 Å². The van der Waals surface area contributed by atoms with Gasteiger partial charge in [-0.3, -0.25) is 24.1 Å². The van der Waals surface area contributed by atoms with Crippen molar-refractivity contribution in [3.63, 3.8) is 0 Å². The number of thiazole rings is 1. The molecular formula is C33H25ClFN3O5S2. The van der Waals surface area contributed by atoms with Crippen LogP contribution in [-0.4, -0.2) is 34.6 Å². The quantitative estimate of drug-likeness (QED) is 0.248. The Hall–Kier alpha value is -3.93. The van der Waals surface area contributed by atoms with Crippen LogP contribution in [-0.2, 0) is 14.4 Å². The molecule has 2 saturated carbocycles. The third-order valence-electron chi connectivity index (χ3n) is 9.55. The van der Waals surface area contributed by atoms with Crippen LogP contribution in [0.15, 0.2) is 82.6 Å². The van der Waals surface area contributed by atoms with Crippen LogP contribution in [0.25, 0.3) is 0 Å². The van der Waals surface area contributed by atoms with Crippen LogP contribution in [0.1, 0.15) is 22.8 Å². The van der Waals surface area contributed by atoms with Gasteiger partial charge in [0.25, 0.3) is 5.91 Å². The zero-order chi connectivity index (χ0) is 31.0. The summed E-state index contributed by atoms with van der Waals surface area (Å²) in [4.78, 5) is 58.3. The zero-order valence-corrected chi connectivity index (χ0v) is 25.8. The number of halogens is 2. The predicted octanol–water partition coefficient (Wildman–Crippen LogP) is 5.92. The Kier molecular flexibility index (Phi) is 6.88. The lowest BCUT2D eigenvalue weighted by Gasteiger charge is -2.43. The topological polar surface area (TPSA) is 109 Å². The van der Waals surface area contributed by atoms with Gasteiger partial charge in [0.2, 0.25) is 11.8 Å². The molecule has 228 valence electrons. The second-order valence-corrected chi connectivity index (χ2v) is 14.5. The molecule has 0 unspecified atom stereocenters. The Labute approximate surface area is 269 Å². The van der Waals surface area contributed by atoms with Crippen LogP contribution in [0.3, 0.4) is 0 Å². The summed E-state index contributed by atoms with van der Waals surface area (Å²) in [6.45, 7) is -0.278. The summed E-state index contributed by atoms with van der Waals surface area (Å²) in [5.41, 5.74) is 1.80. The lowest BCUT2D eigenvalue weighted by atomic mass is 9.68. The number of amides is 3. The maximum absolute atomic E-state index is 14.0. The molecule has 12 heteroatoms. The third kappa shape index (κ3) is 4.62. The van der Waals surface area contributed by atoms with E-state index in [1.165, 1.54) is 29.2 Å². The summed E-state index contributed by atoms with van der Waals surface area (Å²) in [6, 6.07) is 19.7. The number of para-hydroxylation sites is 1. The first kappa shape index (κ1) is 28.5. The number of thioether (sulfide) groups is 1. The molecule has 3 fully saturated rings. The van der Waals surface area contributed by atoms with Gasteiger partial charge in [-0.15, -0.1) is 11.8 Å². The standard InChI is InChI=1S/C33H25ClFN3O5S2/c34-15-5-11-18(12-6-15)38-31(40)26-20-13-21(27(26)32(38)41)28-25(20)24(29-30(44-28)37-33(42)45-29)19-3-1-2-4-22(19)43-14-23(39)36-17-9-7-16(35)8-10-17/h1-12,20-21,24-28H,13-14H2,(H,36,39)(H,37,42)/t20-,21-,24+,25-,26+,27+,28-/m1/s1. The Morgan fingerprint density at radius 1 is 0.978 bits per heavy atom. The molecule has 3 amide bonds. The molecule has 8 rings (SSSR count). The van der Waals surface area contributed by atoms with Gasteiger partial charge in [0, 0.05) is 32.3 Å². The van der Waals surface area contributed by atoms with Gasteiger partial charge in [-0.1, -0.05) is 41.1 Å². The zero-order valence-electron chi connectivity index (χ0n) is 23.4. The predicted molar refractivity (Wildman–Crippen MR) is 169 cm³/mol. The van der Waals surface area contributed by atoms with Gasteiger partial charge in [-0.05, 0) is 78.8 Å². The van der Waals surface area contributed by atoms with Crippen LogP contribution in [0.5, 0.6) is 5.75 Å². The van der Waals surface area contributed by atoms with Crippen molar-refractivity contribution in [2.24, 2.45) is 29.6 Å². The van der Waals surface area contributed by atoms with Gasteiger partial charge >= 0.3 is 4.87 Å². The summed E-state index contributed by atoms with van der Waals surface area (Å²) in [5.74, 6) is -1.92. The first-order valence-corrected chi connectivity index (χ1v) is 16.7. The van der Waals surface area contributed by atoms with E-state index in [-0.39, 0.29) is 52.2 Å². The number of anilines is 2. The number of aromatic nitrogens is 1. The minimum Gasteiger partial charge on any atom is -0.483 e. The van der Waals surface area contributed by atoms with Crippen LogP contribution >= 0.6 is 34.7 Å². The number of nitrogens with zero attached hydrogens (tertiary/aromatic N) is 1. The normalized spacial score (nSPS) is 27.7. The highest BCUT2D eigenvalue weighted by molar-refractivity contribution is 8.00. The van der Waals surface area contributed by atoms with E-state index < -0.39 is 23.6 Å². The summed E-state index contributed by atoms with van der Waals surface area (Å²) in [7, 11) is 0. The van der Waals surface area contributed by atoms with E-state index in [0.29, 0.717) is 22.1 Å². The molecule has 1 aromatic heterocycles. The van der Waals surface area contributed by atoms with Crippen molar-refractivity contribution in [3.8, 4) is 5.75 Å². The fraction of sp³-hybridized carbons (Fsp3) is 0.273. The van der Waals surface area contributed by atoms with Crippen molar-refractivity contribution in [2.75, 3.05) is 16.8 Å². The summed E-state index contributed by atoms with van der Waals surface area (Å²) in [5, 5.41) is 4.03. The minimum atomic E-state index is -0.450. The van der Waals surface area contributed by atoms with Gasteiger partial charge in [0.05, 0.1) is 22.5 Å². The lowest BCUT2D eigenvalue weighted by molar-refractivity contribution is -0.123. The molecule has 2 aliphatic heterocycles. The van der Waals surface area contributed by atoms with E-state index in [9.17, 15) is 23.6 Å². The monoisotopic (exact) mass is 661 g/mol. The number of H-pyrrole nitrogens is 1. The molecule has 3 heterocycles. The molecule has 8 nitrogen and oxygen atoms in total. The van der Waals surface area contributed by atoms with E-state index >= 15 is 0 Å². The number of benzene rings is 3. The fourth-order valence-electron chi connectivity index (χ4n) is 7.95. The van der Waals surface area contributed by atoms with Gasteiger partial charge < -0.3 is 15.0 Å². The molecule has 45 heavy (non-hydrogen) atoms. The fourth-order valence-corrected chi connectivity index (χ4v) is 11.0. The Morgan fingerprint density at radius 2 is 1.69 bits per heavy atom. The van der Waals surface area contributed by atoms with Crippen LogP contribution in [0.4, 0.5) is 15.8 Å². The number of fused-ring (bicyclic) bond motifs is 9. The number of carbonyl (C=O) groups excluding carboxylic acids is 3. The first-order chi connectivity index (χ1) is 21.8. The second-order valence-electron chi connectivity index (χ2n) is 11.8. The highest BCUT2D eigenvalue weighted by Gasteiger charge is 2.69. The summed E-state index contributed by atoms with van der Waals surface area (Å²) in [6.07, 6.45) is 0.752. The van der Waals surface area contributed by atoms with Crippen LogP contribution in [0.2, 0.25) is 5.02 Å². The lowest BCUT2D eigenvalue weighted by Crippen LogP contribution is -2.42. The highest BCUT2D eigenvalue weighted by atomic mass is 35.5. The SMILES string of the molecule is O=C(COc1ccccc1[C@@H]1c2sc(=O)[nH]c2S[C@@H]2[C@@H]3C[C@@H]([C@@H]4C(=O)N(c5ccc(Cl)cc5)C(=O)[C@@H]34)[C@H]12)Nc1ccc(F)cc1. The Bertz CT molecular complexity index is 1910. The molecule has 4 aromatic rings. The summed E-state index contributed by atoms with van der Waals surface area (Å²) < 4.78 is 19.4. The molecule has 1 saturated heterocycles. The molecule has 4 aliphatic rings. The minimum absolute atomic E-state index is 0.00995. The number of rotatable bonds is 6. The molecule has 3 aromatic carbocycles. The number of hydrogen-bond donors (Lipinski definition) is 2. The molecule has 2 aliphatic carbocycles. The second kappa shape index (κ2) is 10.9. The third-order valence-corrected chi connectivity index (χ3v) is 12.4. The van der Waals surface area contributed by atoms with Crippen molar-refractivity contribution in [1.82, 2.24) is 4.98 Å². The number of ether oxygens (including phenoxy) is 1. The molecule has 0 radical (unpaired) electrons.